The highest BCUT2D eigenvalue weighted by Crippen LogP contribution is 2.27. The molecular weight excluding hydrogens is 352 g/mol. The van der Waals surface area contributed by atoms with Crippen LogP contribution in [0.4, 0.5) is 14.6 Å². The van der Waals surface area contributed by atoms with Crippen LogP contribution in [-0.2, 0) is 11.2 Å². The number of pyridine rings is 2. The van der Waals surface area contributed by atoms with Crippen molar-refractivity contribution in [1.82, 2.24) is 20.2 Å². The highest BCUT2D eigenvalue weighted by Gasteiger charge is 2.34. The van der Waals surface area contributed by atoms with Crippen LogP contribution < -0.4 is 4.90 Å². The third-order valence-corrected chi connectivity index (χ3v) is 4.58. The van der Waals surface area contributed by atoms with E-state index >= 15 is 0 Å². The minimum atomic E-state index is -0.875. The van der Waals surface area contributed by atoms with E-state index in [9.17, 15) is 13.6 Å². The van der Waals surface area contributed by atoms with E-state index in [2.05, 4.69) is 20.2 Å². The van der Waals surface area contributed by atoms with Gasteiger partial charge in [0.2, 0.25) is 17.8 Å². The summed E-state index contributed by atoms with van der Waals surface area (Å²) in [6.45, 7) is 0.475. The Bertz CT molecular complexity index is 966. The summed E-state index contributed by atoms with van der Waals surface area (Å²) in [7, 11) is 0. The van der Waals surface area contributed by atoms with Gasteiger partial charge in [0.15, 0.2) is 5.82 Å². The standard InChI is InChI=1S/C19H15F2N5O/c20-16-3-1-13(18(21)23-16)11-14-7-10-26(19(14)27)17-4-2-15(24-25-17)12-5-8-22-9-6-12/h1-6,8-9,14H,7,10-11H2. The second-order valence-corrected chi connectivity index (χ2v) is 6.28. The zero-order chi connectivity index (χ0) is 18.8. The second kappa shape index (κ2) is 7.14. The van der Waals surface area contributed by atoms with Gasteiger partial charge in [0.1, 0.15) is 0 Å². The van der Waals surface area contributed by atoms with Crippen LogP contribution in [0.3, 0.4) is 0 Å². The van der Waals surface area contributed by atoms with Crippen molar-refractivity contribution >= 4 is 11.7 Å². The number of anilines is 1. The Balaban J connectivity index is 1.48. The molecular formula is C19H15F2N5O. The topological polar surface area (TPSA) is 71.9 Å². The molecule has 6 nitrogen and oxygen atoms in total. The van der Waals surface area contributed by atoms with Crippen molar-refractivity contribution in [2.75, 3.05) is 11.4 Å². The van der Waals surface area contributed by atoms with E-state index in [4.69, 9.17) is 0 Å². The summed E-state index contributed by atoms with van der Waals surface area (Å²) < 4.78 is 26.7. The fourth-order valence-corrected chi connectivity index (χ4v) is 3.16. The lowest BCUT2D eigenvalue weighted by Crippen LogP contribution is -2.28. The van der Waals surface area contributed by atoms with E-state index in [1.54, 1.807) is 29.4 Å². The van der Waals surface area contributed by atoms with Gasteiger partial charge in [0.05, 0.1) is 5.69 Å². The summed E-state index contributed by atoms with van der Waals surface area (Å²) in [4.78, 5) is 21.4. The minimum absolute atomic E-state index is 0.148. The molecule has 1 fully saturated rings. The summed E-state index contributed by atoms with van der Waals surface area (Å²) in [5, 5.41) is 8.33. The molecule has 0 aliphatic carbocycles. The van der Waals surface area contributed by atoms with Crippen molar-refractivity contribution in [3.63, 3.8) is 0 Å². The van der Waals surface area contributed by atoms with E-state index < -0.39 is 17.8 Å². The van der Waals surface area contributed by atoms with Gasteiger partial charge in [-0.3, -0.25) is 14.7 Å². The average Bonchev–Trinajstić information content (AvgIpc) is 3.05. The molecule has 0 saturated carbocycles. The molecule has 0 N–H and O–H groups in total. The van der Waals surface area contributed by atoms with Crippen LogP contribution in [0.5, 0.6) is 0 Å². The monoisotopic (exact) mass is 367 g/mol. The number of halogens is 2. The lowest BCUT2D eigenvalue weighted by atomic mass is 9.99. The first-order valence-corrected chi connectivity index (χ1v) is 8.48. The molecule has 136 valence electrons. The predicted octanol–water partition coefficient (Wildman–Crippen LogP) is 2.81. The number of amides is 1. The number of nitrogens with zero attached hydrogens (tertiary/aromatic N) is 5. The fourth-order valence-electron chi connectivity index (χ4n) is 3.16. The second-order valence-electron chi connectivity index (χ2n) is 6.28. The molecule has 0 bridgehead atoms. The number of aromatic nitrogens is 4. The van der Waals surface area contributed by atoms with Gasteiger partial charge in [0.25, 0.3) is 0 Å². The number of carbonyl (C=O) groups is 1. The Morgan fingerprint density at radius 2 is 1.85 bits per heavy atom. The van der Waals surface area contributed by atoms with Crippen molar-refractivity contribution < 1.29 is 13.6 Å². The predicted molar refractivity (Wildman–Crippen MR) is 93.6 cm³/mol. The molecule has 1 saturated heterocycles. The molecule has 1 aliphatic rings. The van der Waals surface area contributed by atoms with Crippen LogP contribution in [0.25, 0.3) is 11.3 Å². The summed E-state index contributed by atoms with van der Waals surface area (Å²) in [6.07, 6.45) is 4.08. The number of hydrogen-bond acceptors (Lipinski definition) is 5. The zero-order valence-corrected chi connectivity index (χ0v) is 14.2. The summed E-state index contributed by atoms with van der Waals surface area (Å²) in [5.41, 5.74) is 1.80. The van der Waals surface area contributed by atoms with Crippen LogP contribution in [0.15, 0.2) is 48.8 Å². The third-order valence-electron chi connectivity index (χ3n) is 4.58. The Labute approximate surface area is 153 Å². The molecule has 0 spiro atoms. The van der Waals surface area contributed by atoms with E-state index in [1.165, 1.54) is 6.07 Å². The first-order valence-electron chi connectivity index (χ1n) is 8.48. The van der Waals surface area contributed by atoms with Crippen molar-refractivity contribution in [2.24, 2.45) is 5.92 Å². The highest BCUT2D eigenvalue weighted by molar-refractivity contribution is 5.96. The molecule has 8 heteroatoms. The molecule has 4 rings (SSSR count). The van der Waals surface area contributed by atoms with E-state index in [0.29, 0.717) is 24.5 Å². The maximum absolute atomic E-state index is 13.8. The van der Waals surface area contributed by atoms with Gasteiger partial charge in [-0.05, 0) is 49.2 Å². The fraction of sp³-hybridized carbons (Fsp3) is 0.211. The van der Waals surface area contributed by atoms with Crippen LogP contribution >= 0.6 is 0 Å². The average molecular weight is 367 g/mol. The molecule has 1 aliphatic heterocycles. The number of rotatable bonds is 4. The Morgan fingerprint density at radius 1 is 1.04 bits per heavy atom. The quantitative estimate of drug-likeness (QED) is 0.663. The smallest absolute Gasteiger partial charge is 0.231 e. The molecule has 3 aromatic rings. The Kier molecular flexibility index (Phi) is 4.53. The molecule has 0 radical (unpaired) electrons. The van der Waals surface area contributed by atoms with Crippen LogP contribution in [0, 0.1) is 17.8 Å². The van der Waals surface area contributed by atoms with Gasteiger partial charge in [-0.2, -0.15) is 13.8 Å². The molecule has 27 heavy (non-hydrogen) atoms. The van der Waals surface area contributed by atoms with E-state index in [-0.39, 0.29) is 17.9 Å². The largest absolute Gasteiger partial charge is 0.295 e. The van der Waals surface area contributed by atoms with Crippen molar-refractivity contribution in [2.45, 2.75) is 12.8 Å². The maximum Gasteiger partial charge on any atom is 0.231 e. The van der Waals surface area contributed by atoms with Crippen LogP contribution in [-0.4, -0.2) is 32.6 Å². The Morgan fingerprint density at radius 3 is 2.56 bits per heavy atom. The molecule has 1 amide bonds. The maximum atomic E-state index is 13.8. The van der Waals surface area contributed by atoms with Gasteiger partial charge in [-0.25, -0.2) is 0 Å². The van der Waals surface area contributed by atoms with Crippen LogP contribution in [0.2, 0.25) is 0 Å². The van der Waals surface area contributed by atoms with Gasteiger partial charge < -0.3 is 0 Å². The Hall–Kier alpha value is -3.29. The molecule has 1 atom stereocenters. The van der Waals surface area contributed by atoms with Crippen molar-refractivity contribution in [1.29, 1.82) is 0 Å². The van der Waals surface area contributed by atoms with E-state index in [0.717, 1.165) is 11.6 Å². The minimum Gasteiger partial charge on any atom is -0.295 e. The van der Waals surface area contributed by atoms with E-state index in [1.807, 2.05) is 12.1 Å². The SMILES string of the molecule is O=C1C(Cc2ccc(F)nc2F)CCN1c1ccc(-c2ccncc2)nn1. The van der Waals surface area contributed by atoms with Crippen molar-refractivity contribution in [3.8, 4) is 11.3 Å². The van der Waals surface area contributed by atoms with Gasteiger partial charge >= 0.3 is 0 Å². The molecule has 0 aromatic carbocycles. The van der Waals surface area contributed by atoms with Gasteiger partial charge in [-0.15, -0.1) is 10.2 Å². The molecule has 4 heterocycles. The normalized spacial score (nSPS) is 16.7. The summed E-state index contributed by atoms with van der Waals surface area (Å²) >= 11 is 0. The summed E-state index contributed by atoms with van der Waals surface area (Å²) in [6, 6.07) is 9.61. The van der Waals surface area contributed by atoms with Gasteiger partial charge in [0, 0.05) is 36.0 Å². The zero-order valence-electron chi connectivity index (χ0n) is 14.2. The van der Waals surface area contributed by atoms with Crippen LogP contribution in [0.1, 0.15) is 12.0 Å². The highest BCUT2D eigenvalue weighted by atomic mass is 19.1. The number of hydrogen-bond donors (Lipinski definition) is 0. The lowest BCUT2D eigenvalue weighted by Gasteiger charge is -2.15. The lowest BCUT2D eigenvalue weighted by molar-refractivity contribution is -0.120. The van der Waals surface area contributed by atoms with Crippen molar-refractivity contribution in [3.05, 3.63) is 66.3 Å². The third kappa shape index (κ3) is 3.51. The first kappa shape index (κ1) is 17.1. The summed E-state index contributed by atoms with van der Waals surface area (Å²) in [5.74, 6) is -1.83. The molecule has 3 aromatic heterocycles. The first-order chi connectivity index (χ1) is 13.1. The molecule has 1 unspecified atom stereocenters. The van der Waals surface area contributed by atoms with Gasteiger partial charge in [-0.1, -0.05) is 0 Å². The number of carbonyl (C=O) groups excluding carboxylic acids is 1.